The first-order valence-corrected chi connectivity index (χ1v) is 9.55. The number of nitrogens with one attached hydrogen (secondary N) is 1. The van der Waals surface area contributed by atoms with Crippen molar-refractivity contribution in [3.63, 3.8) is 0 Å². The van der Waals surface area contributed by atoms with Crippen LogP contribution in [0.15, 0.2) is 23.1 Å². The number of halogens is 4. The molecular weight excluding hydrogens is 365 g/mol. The molecule has 1 N–H and O–H groups in total. The van der Waals surface area contributed by atoms with Crippen LogP contribution in [0.2, 0.25) is 5.02 Å². The quantitative estimate of drug-likeness (QED) is 0.846. The summed E-state index contributed by atoms with van der Waals surface area (Å²) in [5, 5.41) is 2.72. The largest absolute Gasteiger partial charge is 0.417 e. The molecule has 0 atom stereocenters. The van der Waals surface area contributed by atoms with Crippen LogP contribution in [-0.4, -0.2) is 38.9 Å². The predicted octanol–water partition coefficient (Wildman–Crippen LogP) is 3.37. The van der Waals surface area contributed by atoms with Gasteiger partial charge in [-0.3, -0.25) is 0 Å². The molecule has 1 saturated heterocycles. The van der Waals surface area contributed by atoms with Gasteiger partial charge in [0, 0.05) is 13.1 Å². The second-order valence-corrected chi connectivity index (χ2v) is 8.14. The molecule has 1 aliphatic rings. The minimum atomic E-state index is -4.69. The van der Waals surface area contributed by atoms with Gasteiger partial charge in [-0.05, 0) is 50.0 Å². The Kier molecular flexibility index (Phi) is 6.17. The number of benzene rings is 1. The van der Waals surface area contributed by atoms with Crippen molar-refractivity contribution in [1.29, 1.82) is 0 Å². The van der Waals surface area contributed by atoms with Crippen molar-refractivity contribution in [3.05, 3.63) is 28.8 Å². The summed E-state index contributed by atoms with van der Waals surface area (Å²) >= 11 is 5.55. The Bertz CT molecular complexity index is 672. The smallest absolute Gasteiger partial charge is 0.317 e. The highest BCUT2D eigenvalue weighted by molar-refractivity contribution is 7.89. The van der Waals surface area contributed by atoms with Gasteiger partial charge in [0.1, 0.15) is 0 Å². The van der Waals surface area contributed by atoms with E-state index < -0.39 is 26.8 Å². The molecular formula is C15H20ClF3N2O2S. The third kappa shape index (κ3) is 4.41. The summed E-state index contributed by atoms with van der Waals surface area (Å²) in [6.45, 7) is 4.29. The molecule has 0 aliphatic carbocycles. The average molecular weight is 385 g/mol. The molecule has 0 aromatic heterocycles. The molecule has 0 amide bonds. The third-order valence-corrected chi connectivity index (χ3v) is 6.36. The molecule has 0 saturated carbocycles. The van der Waals surface area contributed by atoms with E-state index in [-0.39, 0.29) is 4.90 Å². The molecule has 1 aliphatic heterocycles. The Morgan fingerprint density at radius 3 is 2.46 bits per heavy atom. The lowest BCUT2D eigenvalue weighted by Gasteiger charge is -2.31. The zero-order chi connectivity index (χ0) is 18.0. The molecule has 4 nitrogen and oxygen atoms in total. The number of piperidine rings is 1. The van der Waals surface area contributed by atoms with Crippen molar-refractivity contribution in [3.8, 4) is 0 Å². The lowest BCUT2D eigenvalue weighted by molar-refractivity contribution is -0.137. The van der Waals surface area contributed by atoms with E-state index in [9.17, 15) is 21.6 Å². The van der Waals surface area contributed by atoms with Crippen molar-refractivity contribution in [2.45, 2.75) is 30.8 Å². The lowest BCUT2D eigenvalue weighted by atomic mass is 9.98. The SMILES string of the molecule is CCNCC1CCN(S(=O)(=O)c2ccc(Cl)c(C(F)(F)F)c2)CC1. The lowest BCUT2D eigenvalue weighted by Crippen LogP contribution is -2.40. The molecule has 1 heterocycles. The highest BCUT2D eigenvalue weighted by atomic mass is 35.5. The summed E-state index contributed by atoms with van der Waals surface area (Å²) < 4.78 is 65.2. The predicted molar refractivity (Wildman–Crippen MR) is 86.5 cm³/mol. The van der Waals surface area contributed by atoms with E-state index in [1.807, 2.05) is 6.92 Å². The minimum absolute atomic E-state index is 0.308. The van der Waals surface area contributed by atoms with Gasteiger partial charge in [-0.2, -0.15) is 17.5 Å². The maximum Gasteiger partial charge on any atom is 0.417 e. The Hall–Kier alpha value is -0.830. The maximum atomic E-state index is 12.9. The average Bonchev–Trinajstić information content (AvgIpc) is 2.52. The standard InChI is InChI=1S/C15H20ClF3N2O2S/c1-2-20-10-11-5-7-21(8-6-11)24(22,23)12-3-4-14(16)13(9-12)15(17,18)19/h3-4,9,11,20H,2,5-8,10H2,1H3. The number of nitrogens with zero attached hydrogens (tertiary/aromatic N) is 1. The van der Waals surface area contributed by atoms with Gasteiger partial charge in [-0.15, -0.1) is 0 Å². The van der Waals surface area contributed by atoms with Gasteiger partial charge >= 0.3 is 6.18 Å². The molecule has 1 aromatic rings. The second-order valence-electron chi connectivity index (χ2n) is 5.79. The van der Waals surface area contributed by atoms with Gasteiger partial charge in [0.05, 0.1) is 15.5 Å². The molecule has 1 aromatic carbocycles. The monoisotopic (exact) mass is 384 g/mol. The topological polar surface area (TPSA) is 49.4 Å². The molecule has 0 radical (unpaired) electrons. The summed E-state index contributed by atoms with van der Waals surface area (Å²) in [5.41, 5.74) is -1.13. The summed E-state index contributed by atoms with van der Waals surface area (Å²) in [5.74, 6) is 0.382. The summed E-state index contributed by atoms with van der Waals surface area (Å²) in [7, 11) is -3.95. The number of hydrogen-bond acceptors (Lipinski definition) is 3. The van der Waals surface area contributed by atoms with Crippen molar-refractivity contribution < 1.29 is 21.6 Å². The zero-order valence-electron chi connectivity index (χ0n) is 13.2. The van der Waals surface area contributed by atoms with Gasteiger partial charge in [-0.25, -0.2) is 8.42 Å². The summed E-state index contributed by atoms with van der Waals surface area (Å²) in [6.07, 6.45) is -3.32. The Labute approximate surface area is 145 Å². The minimum Gasteiger partial charge on any atom is -0.317 e. The van der Waals surface area contributed by atoms with Crippen LogP contribution in [0, 0.1) is 5.92 Å². The van der Waals surface area contributed by atoms with E-state index >= 15 is 0 Å². The van der Waals surface area contributed by atoms with Crippen LogP contribution in [-0.2, 0) is 16.2 Å². The Balaban J connectivity index is 2.17. The van der Waals surface area contributed by atoms with Crippen LogP contribution in [0.4, 0.5) is 13.2 Å². The molecule has 0 spiro atoms. The fourth-order valence-corrected chi connectivity index (χ4v) is 4.45. The van der Waals surface area contributed by atoms with Crippen LogP contribution in [0.5, 0.6) is 0 Å². The van der Waals surface area contributed by atoms with Crippen LogP contribution in [0.1, 0.15) is 25.3 Å². The Morgan fingerprint density at radius 1 is 1.29 bits per heavy atom. The van der Waals surface area contributed by atoms with Crippen molar-refractivity contribution in [1.82, 2.24) is 9.62 Å². The van der Waals surface area contributed by atoms with Crippen molar-refractivity contribution in [2.75, 3.05) is 26.2 Å². The normalized spacial score (nSPS) is 18.0. The summed E-state index contributed by atoms with van der Waals surface area (Å²) in [6, 6.07) is 2.72. The summed E-state index contributed by atoms with van der Waals surface area (Å²) in [4.78, 5) is -0.371. The Morgan fingerprint density at radius 2 is 1.92 bits per heavy atom. The van der Waals surface area contributed by atoms with E-state index in [4.69, 9.17) is 11.6 Å². The van der Waals surface area contributed by atoms with E-state index in [2.05, 4.69) is 5.32 Å². The van der Waals surface area contributed by atoms with Crippen LogP contribution in [0.3, 0.4) is 0 Å². The van der Waals surface area contributed by atoms with Crippen LogP contribution >= 0.6 is 11.6 Å². The molecule has 0 bridgehead atoms. The van der Waals surface area contributed by atoms with E-state index in [0.29, 0.717) is 37.9 Å². The van der Waals surface area contributed by atoms with Crippen molar-refractivity contribution in [2.24, 2.45) is 5.92 Å². The zero-order valence-corrected chi connectivity index (χ0v) is 14.8. The van der Waals surface area contributed by atoms with Crippen molar-refractivity contribution >= 4 is 21.6 Å². The van der Waals surface area contributed by atoms with Gasteiger partial charge in [0.25, 0.3) is 0 Å². The van der Waals surface area contributed by atoms with Gasteiger partial charge in [-0.1, -0.05) is 18.5 Å². The van der Waals surface area contributed by atoms with Crippen LogP contribution < -0.4 is 5.32 Å². The van der Waals surface area contributed by atoms with E-state index in [1.165, 1.54) is 4.31 Å². The number of alkyl halides is 3. The molecule has 2 rings (SSSR count). The van der Waals surface area contributed by atoms with Gasteiger partial charge in [0.15, 0.2) is 0 Å². The molecule has 136 valence electrons. The third-order valence-electron chi connectivity index (χ3n) is 4.14. The molecule has 9 heteroatoms. The highest BCUT2D eigenvalue weighted by Crippen LogP contribution is 2.36. The fraction of sp³-hybridized carbons (Fsp3) is 0.600. The first-order chi connectivity index (χ1) is 11.2. The number of hydrogen-bond donors (Lipinski definition) is 1. The van der Waals surface area contributed by atoms with Crippen LogP contribution in [0.25, 0.3) is 0 Å². The second kappa shape index (κ2) is 7.59. The van der Waals surface area contributed by atoms with E-state index in [1.54, 1.807) is 0 Å². The highest BCUT2D eigenvalue weighted by Gasteiger charge is 2.36. The first kappa shape index (κ1) is 19.5. The first-order valence-electron chi connectivity index (χ1n) is 7.74. The fourth-order valence-electron chi connectivity index (χ4n) is 2.73. The molecule has 1 fully saturated rings. The van der Waals surface area contributed by atoms with Gasteiger partial charge in [0.2, 0.25) is 10.0 Å². The number of rotatable bonds is 5. The number of sulfonamides is 1. The maximum absolute atomic E-state index is 12.9. The molecule has 0 unspecified atom stereocenters. The van der Waals surface area contributed by atoms with E-state index in [0.717, 1.165) is 25.2 Å². The van der Waals surface area contributed by atoms with Gasteiger partial charge < -0.3 is 5.32 Å². The molecule has 24 heavy (non-hydrogen) atoms.